The van der Waals surface area contributed by atoms with Crippen LogP contribution in [0, 0.1) is 86.8 Å². The molecule has 65 heavy (non-hydrogen) atoms. The highest BCUT2D eigenvalue weighted by atomic mass is 16.5. The first-order valence-corrected chi connectivity index (χ1v) is 28.0. The number of hydrogen-bond donors (Lipinski definition) is 4. The van der Waals surface area contributed by atoms with Gasteiger partial charge in [-0.15, -0.1) is 0 Å². The number of hydrogen-bond acceptors (Lipinski definition) is 6. The summed E-state index contributed by atoms with van der Waals surface area (Å²) < 4.78 is 10.5. The Morgan fingerprint density at radius 3 is 1.23 bits per heavy atom. The van der Waals surface area contributed by atoms with Crippen LogP contribution in [0.2, 0.25) is 0 Å². The van der Waals surface area contributed by atoms with Crippen LogP contribution in [-0.2, 0) is 9.47 Å². The van der Waals surface area contributed by atoms with Gasteiger partial charge in [-0.05, 0) is 172 Å². The summed E-state index contributed by atoms with van der Waals surface area (Å²) in [6.07, 6.45) is 27.6. The third-order valence-corrected chi connectivity index (χ3v) is 19.7. The average molecular weight is 924 g/mol. The number of aliphatic hydroxyl groups excluding tert-OH is 3. The van der Waals surface area contributed by atoms with Crippen molar-refractivity contribution in [2.24, 2.45) is 86.8 Å². The Balaban J connectivity index is 0.000000390. The van der Waals surface area contributed by atoms with E-state index in [1.54, 1.807) is 0 Å². The summed E-state index contributed by atoms with van der Waals surface area (Å²) in [6, 6.07) is 0. The van der Waals surface area contributed by atoms with Gasteiger partial charge in [0.2, 0.25) is 0 Å². The molecular weight excluding hydrogens is 805 g/mol. The first-order valence-electron chi connectivity index (χ1n) is 28.0. The molecule has 0 aromatic heterocycles. The third kappa shape index (κ3) is 18.5. The second-order valence-corrected chi connectivity index (χ2v) is 25.4. The van der Waals surface area contributed by atoms with Crippen LogP contribution in [0.25, 0.3) is 0 Å². The lowest BCUT2D eigenvalue weighted by molar-refractivity contribution is -0.0797. The van der Waals surface area contributed by atoms with Gasteiger partial charge in [-0.25, -0.2) is 0 Å². The number of aliphatic hydroxyl groups is 4. The van der Waals surface area contributed by atoms with Crippen molar-refractivity contribution >= 4 is 0 Å². The Hall–Kier alpha value is -0.240. The van der Waals surface area contributed by atoms with Crippen molar-refractivity contribution in [2.45, 2.75) is 244 Å². The average Bonchev–Trinajstić information content (AvgIpc) is 4.11. The molecule has 390 valence electrons. The van der Waals surface area contributed by atoms with Gasteiger partial charge in [0.05, 0.1) is 12.2 Å². The zero-order valence-corrected chi connectivity index (χ0v) is 46.8. The quantitative estimate of drug-likeness (QED) is 0.139. The van der Waals surface area contributed by atoms with Crippen molar-refractivity contribution in [1.29, 1.82) is 0 Å². The minimum atomic E-state index is -0.502. The highest BCUT2D eigenvalue weighted by Gasteiger charge is 2.48. The van der Waals surface area contributed by atoms with E-state index in [-0.39, 0.29) is 5.41 Å². The van der Waals surface area contributed by atoms with Crippen LogP contribution in [0.5, 0.6) is 0 Å². The number of ether oxygens (including phenoxy) is 2. The van der Waals surface area contributed by atoms with Crippen LogP contribution < -0.4 is 0 Å². The van der Waals surface area contributed by atoms with Gasteiger partial charge in [-0.1, -0.05) is 148 Å². The predicted molar refractivity (Wildman–Crippen MR) is 280 cm³/mol. The summed E-state index contributed by atoms with van der Waals surface area (Å²) in [5, 5.41) is 37.5. The van der Waals surface area contributed by atoms with Crippen molar-refractivity contribution < 1.29 is 29.9 Å². The molecule has 6 fully saturated rings. The molecule has 6 heteroatoms. The van der Waals surface area contributed by atoms with Gasteiger partial charge in [-0.3, -0.25) is 0 Å². The van der Waals surface area contributed by atoms with Crippen molar-refractivity contribution in [2.75, 3.05) is 47.3 Å². The molecule has 4 N–H and O–H groups in total. The lowest BCUT2D eigenvalue weighted by atomic mass is 9.65. The first kappa shape index (κ1) is 62.8. The minimum absolute atomic E-state index is 0.188. The Morgan fingerprint density at radius 1 is 0.492 bits per heavy atom. The molecule has 0 aromatic carbocycles. The van der Waals surface area contributed by atoms with E-state index < -0.39 is 5.60 Å². The van der Waals surface area contributed by atoms with E-state index in [1.165, 1.54) is 135 Å². The molecule has 6 nitrogen and oxygen atoms in total. The summed E-state index contributed by atoms with van der Waals surface area (Å²) in [7, 11) is 3.64. The van der Waals surface area contributed by atoms with Crippen LogP contribution in [0.15, 0.2) is 0 Å². The van der Waals surface area contributed by atoms with Crippen molar-refractivity contribution in [3.8, 4) is 0 Å². The highest BCUT2D eigenvalue weighted by Crippen LogP contribution is 2.52. The fourth-order valence-corrected chi connectivity index (χ4v) is 14.0. The Labute approximate surface area is 406 Å². The molecule has 0 saturated heterocycles. The summed E-state index contributed by atoms with van der Waals surface area (Å²) in [6.45, 7) is 36.7. The van der Waals surface area contributed by atoms with Crippen LogP contribution in [0.3, 0.4) is 0 Å². The van der Waals surface area contributed by atoms with Crippen LogP contribution >= 0.6 is 0 Å². The van der Waals surface area contributed by atoms with E-state index in [1.807, 2.05) is 28.1 Å². The highest BCUT2D eigenvalue weighted by molar-refractivity contribution is 4.98. The van der Waals surface area contributed by atoms with Gasteiger partial charge in [-0.2, -0.15) is 0 Å². The molecular formula is C59H118O6. The number of rotatable bonds is 14. The van der Waals surface area contributed by atoms with E-state index in [4.69, 9.17) is 19.7 Å². The lowest BCUT2D eigenvalue weighted by Gasteiger charge is -2.44. The maximum Gasteiger partial charge on any atom is 0.0650 e. The van der Waals surface area contributed by atoms with Gasteiger partial charge >= 0.3 is 0 Å². The first-order chi connectivity index (χ1) is 30.4. The van der Waals surface area contributed by atoms with Crippen molar-refractivity contribution in [3.63, 3.8) is 0 Å². The minimum Gasteiger partial charge on any atom is -0.396 e. The van der Waals surface area contributed by atoms with E-state index in [0.29, 0.717) is 65.7 Å². The topological polar surface area (TPSA) is 99.4 Å². The van der Waals surface area contributed by atoms with Gasteiger partial charge < -0.3 is 29.9 Å². The Kier molecular flexibility index (Phi) is 29.4. The summed E-state index contributed by atoms with van der Waals surface area (Å²) >= 11 is 0. The smallest absolute Gasteiger partial charge is 0.0650 e. The molecule has 6 rings (SSSR count). The van der Waals surface area contributed by atoms with E-state index in [2.05, 4.69) is 90.0 Å². The molecule has 0 aliphatic heterocycles. The molecule has 6 unspecified atom stereocenters. The molecule has 0 amide bonds. The largest absolute Gasteiger partial charge is 0.396 e. The molecule has 6 saturated carbocycles. The van der Waals surface area contributed by atoms with Crippen LogP contribution in [0.1, 0.15) is 239 Å². The van der Waals surface area contributed by atoms with Gasteiger partial charge in [0.15, 0.2) is 0 Å². The standard InChI is InChI=1S/C11H22O.3C10H20O.2C9H18O/c1-9(2)11(10(3,4)12)7-5-6-8-11;1-8(2)10-6-4-5-9(10)7-11-3;1-8(2)10(3)6-4-5-9(10)7-11;1-9(2)10(8-11-3)6-4-5-7-10;1-7(2)9-5-3-4-8(9)6-10;1-8(2)9(7-10)5-3-4-6-9/h9,12H,5-8H2,1-4H3;8-10H,4-7H2,1-3H3;8-9,11H,4-7H2,1-3H3;9H,4-8H2,1-3H3;7-10H,3-6H2,1-2H3;8,10H,3-7H2,1-2H3. The molecule has 0 radical (unpaired) electrons. The van der Waals surface area contributed by atoms with Crippen LogP contribution in [-0.4, -0.2) is 73.3 Å². The van der Waals surface area contributed by atoms with Gasteiger partial charge in [0.25, 0.3) is 0 Å². The Bertz CT molecular complexity index is 1160. The molecule has 0 spiro atoms. The monoisotopic (exact) mass is 923 g/mol. The third-order valence-electron chi connectivity index (χ3n) is 19.7. The maximum absolute atomic E-state index is 10.1. The zero-order valence-electron chi connectivity index (χ0n) is 46.8. The van der Waals surface area contributed by atoms with Crippen molar-refractivity contribution in [3.05, 3.63) is 0 Å². The molecule has 0 aromatic rings. The number of methoxy groups -OCH3 is 2. The zero-order chi connectivity index (χ0) is 49.6. The summed E-state index contributed by atoms with van der Waals surface area (Å²) in [5.41, 5.74) is 0.911. The Morgan fingerprint density at radius 2 is 0.938 bits per heavy atom. The molecule has 6 atom stereocenters. The maximum atomic E-state index is 10.1. The second kappa shape index (κ2) is 30.5. The molecule has 0 bridgehead atoms. The normalized spacial score (nSPS) is 28.9. The summed E-state index contributed by atoms with van der Waals surface area (Å²) in [5.74, 6) is 8.09. The van der Waals surface area contributed by atoms with Crippen LogP contribution in [0.4, 0.5) is 0 Å². The van der Waals surface area contributed by atoms with E-state index in [9.17, 15) is 10.2 Å². The summed E-state index contributed by atoms with van der Waals surface area (Å²) in [4.78, 5) is 0. The van der Waals surface area contributed by atoms with Crippen molar-refractivity contribution in [1.82, 2.24) is 0 Å². The fourth-order valence-electron chi connectivity index (χ4n) is 14.0. The van der Waals surface area contributed by atoms with E-state index >= 15 is 0 Å². The fraction of sp³-hybridized carbons (Fsp3) is 1.00. The molecule has 0 heterocycles. The van der Waals surface area contributed by atoms with Gasteiger partial charge in [0.1, 0.15) is 0 Å². The molecule has 6 aliphatic carbocycles. The SMILES string of the molecule is CC(C)C1(C(C)(C)O)CCCC1.CC(C)C1(C)CCCC1CO.CC(C)C1(CO)CCCC1.CC(C)C1CCCC1CO.COCC1(C(C)C)CCCC1.COCC1CCCC1C(C)C. The van der Waals surface area contributed by atoms with Gasteiger partial charge in [0, 0.05) is 46.1 Å². The second-order valence-electron chi connectivity index (χ2n) is 25.4. The predicted octanol–water partition coefficient (Wildman–Crippen LogP) is 15.2. The molecule has 6 aliphatic rings. The van der Waals surface area contributed by atoms with E-state index in [0.717, 1.165) is 48.7 Å². The lowest BCUT2D eigenvalue weighted by Crippen LogP contribution is -2.45.